The third-order valence-corrected chi connectivity index (χ3v) is 4.10. The molecule has 1 aromatic heterocycles. The van der Waals surface area contributed by atoms with Gasteiger partial charge in [0, 0.05) is 31.1 Å². The van der Waals surface area contributed by atoms with E-state index in [0.29, 0.717) is 18.8 Å². The fourth-order valence-electron chi connectivity index (χ4n) is 2.94. The number of para-hydroxylation sites is 1. The molecule has 140 valence electrons. The van der Waals surface area contributed by atoms with E-state index in [2.05, 4.69) is 10.3 Å². The lowest BCUT2D eigenvalue weighted by Crippen LogP contribution is -2.24. The summed E-state index contributed by atoms with van der Waals surface area (Å²) in [7, 11) is 0. The molecule has 0 atom stereocenters. The predicted molar refractivity (Wildman–Crippen MR) is 104 cm³/mol. The quantitative estimate of drug-likeness (QED) is 0.644. The molecule has 2 N–H and O–H groups in total. The number of nitrogens with one attached hydrogen (secondary N) is 1. The fraction of sp³-hybridized carbons (Fsp3) is 0.238. The number of carbonyl (C=O) groups excluding carboxylic acids is 1. The number of amides is 1. The third kappa shape index (κ3) is 4.54. The first kappa shape index (κ1) is 18.7. The van der Waals surface area contributed by atoms with Crippen molar-refractivity contribution < 1.29 is 14.6 Å². The van der Waals surface area contributed by atoms with Gasteiger partial charge in [0.15, 0.2) is 0 Å². The Labute approximate surface area is 158 Å². The van der Waals surface area contributed by atoms with Crippen LogP contribution in [0, 0.1) is 0 Å². The molecule has 0 bridgehead atoms. The van der Waals surface area contributed by atoms with Crippen LogP contribution in [0.3, 0.4) is 0 Å². The van der Waals surface area contributed by atoms with Crippen LogP contribution in [0.4, 0.5) is 0 Å². The van der Waals surface area contributed by atoms with Gasteiger partial charge in [-0.25, -0.2) is 4.98 Å². The lowest BCUT2D eigenvalue weighted by molar-refractivity contribution is -0.118. The molecule has 0 unspecified atom stereocenters. The first-order valence-corrected chi connectivity index (χ1v) is 8.88. The lowest BCUT2D eigenvalue weighted by Gasteiger charge is -2.15. The molecule has 6 heteroatoms. The number of aliphatic hydroxyl groups is 1. The van der Waals surface area contributed by atoms with E-state index in [0.717, 1.165) is 22.5 Å². The van der Waals surface area contributed by atoms with E-state index >= 15 is 0 Å². The number of hydrogen-bond acceptors (Lipinski definition) is 4. The van der Waals surface area contributed by atoms with Gasteiger partial charge >= 0.3 is 0 Å². The van der Waals surface area contributed by atoms with Crippen LogP contribution in [0.5, 0.6) is 5.75 Å². The van der Waals surface area contributed by atoms with Crippen molar-refractivity contribution in [2.75, 3.05) is 19.8 Å². The number of hydrogen-bond donors (Lipinski definition) is 2. The maximum absolute atomic E-state index is 11.2. The molecule has 0 radical (unpaired) electrons. The molecular weight excluding hydrogens is 342 g/mol. The number of aromatic nitrogens is 2. The largest absolute Gasteiger partial charge is 0.490 e. The van der Waals surface area contributed by atoms with Gasteiger partial charge in [0.25, 0.3) is 0 Å². The molecule has 27 heavy (non-hydrogen) atoms. The van der Waals surface area contributed by atoms with Gasteiger partial charge < -0.3 is 19.7 Å². The summed E-state index contributed by atoms with van der Waals surface area (Å²) < 4.78 is 7.75. The summed E-state index contributed by atoms with van der Waals surface area (Å²) in [5.41, 5.74) is 3.66. The Morgan fingerprint density at radius 1 is 1.15 bits per heavy atom. The minimum atomic E-state index is -0.0633. The highest BCUT2D eigenvalue weighted by Gasteiger charge is 2.18. The number of carbonyl (C=O) groups is 1. The highest BCUT2D eigenvalue weighted by Crippen LogP contribution is 2.36. The molecule has 1 amide bonds. The number of benzene rings is 2. The van der Waals surface area contributed by atoms with Crippen molar-refractivity contribution in [1.29, 1.82) is 0 Å². The van der Waals surface area contributed by atoms with Gasteiger partial charge in [-0.05, 0) is 12.1 Å². The minimum Gasteiger partial charge on any atom is -0.490 e. The average molecular weight is 365 g/mol. The number of aliphatic hydroxyl groups excluding tert-OH is 1. The van der Waals surface area contributed by atoms with Crippen LogP contribution in [0.25, 0.3) is 22.5 Å². The van der Waals surface area contributed by atoms with Crippen LogP contribution < -0.4 is 10.1 Å². The summed E-state index contributed by atoms with van der Waals surface area (Å²) in [5, 5.41) is 11.9. The van der Waals surface area contributed by atoms with Crippen molar-refractivity contribution in [1.82, 2.24) is 14.9 Å². The van der Waals surface area contributed by atoms with Gasteiger partial charge in [-0.2, -0.15) is 0 Å². The van der Waals surface area contributed by atoms with Crippen molar-refractivity contribution in [3.05, 3.63) is 60.9 Å². The SMILES string of the molecule is CC(=O)NCCn1cnc(-c2ccccc2)c1-c1ccccc1OCCO. The Kier molecular flexibility index (Phi) is 6.22. The van der Waals surface area contributed by atoms with Crippen LogP contribution in [0.15, 0.2) is 60.9 Å². The van der Waals surface area contributed by atoms with Crippen LogP contribution in [-0.4, -0.2) is 40.3 Å². The second-order valence-electron chi connectivity index (χ2n) is 6.05. The van der Waals surface area contributed by atoms with E-state index in [1.165, 1.54) is 6.92 Å². The highest BCUT2D eigenvalue weighted by atomic mass is 16.5. The van der Waals surface area contributed by atoms with Crippen molar-refractivity contribution >= 4 is 5.91 Å². The zero-order valence-electron chi connectivity index (χ0n) is 15.3. The lowest BCUT2D eigenvalue weighted by atomic mass is 10.0. The molecular formula is C21H23N3O3. The molecule has 0 spiro atoms. The second kappa shape index (κ2) is 9.00. The Morgan fingerprint density at radius 2 is 1.89 bits per heavy atom. The third-order valence-electron chi connectivity index (χ3n) is 4.10. The van der Waals surface area contributed by atoms with Crippen molar-refractivity contribution in [3.63, 3.8) is 0 Å². The summed E-state index contributed by atoms with van der Waals surface area (Å²) >= 11 is 0. The second-order valence-corrected chi connectivity index (χ2v) is 6.05. The van der Waals surface area contributed by atoms with Crippen LogP contribution in [-0.2, 0) is 11.3 Å². The van der Waals surface area contributed by atoms with Crippen LogP contribution in [0.1, 0.15) is 6.92 Å². The average Bonchev–Trinajstić information content (AvgIpc) is 3.10. The van der Waals surface area contributed by atoms with Gasteiger partial charge in [0.1, 0.15) is 12.4 Å². The van der Waals surface area contributed by atoms with E-state index in [-0.39, 0.29) is 19.1 Å². The minimum absolute atomic E-state index is 0.0539. The summed E-state index contributed by atoms with van der Waals surface area (Å²) in [4.78, 5) is 15.8. The van der Waals surface area contributed by atoms with Crippen molar-refractivity contribution in [3.8, 4) is 28.3 Å². The van der Waals surface area contributed by atoms with Crippen LogP contribution >= 0.6 is 0 Å². The maximum atomic E-state index is 11.2. The Hall–Kier alpha value is -3.12. The van der Waals surface area contributed by atoms with E-state index in [1.807, 2.05) is 59.2 Å². The number of imidazole rings is 1. The van der Waals surface area contributed by atoms with Crippen molar-refractivity contribution in [2.45, 2.75) is 13.5 Å². The highest BCUT2D eigenvalue weighted by molar-refractivity contribution is 5.81. The summed E-state index contributed by atoms with van der Waals surface area (Å²) in [6.45, 7) is 2.76. The molecule has 6 nitrogen and oxygen atoms in total. The summed E-state index contributed by atoms with van der Waals surface area (Å²) in [6, 6.07) is 17.7. The van der Waals surface area contributed by atoms with E-state index in [9.17, 15) is 4.79 Å². The molecule has 0 saturated heterocycles. The van der Waals surface area contributed by atoms with Gasteiger partial charge in [-0.15, -0.1) is 0 Å². The molecule has 0 aliphatic heterocycles. The van der Waals surface area contributed by atoms with Gasteiger partial charge in [-0.1, -0.05) is 42.5 Å². The molecule has 0 aliphatic rings. The maximum Gasteiger partial charge on any atom is 0.216 e. The molecule has 0 saturated carbocycles. The molecule has 0 fully saturated rings. The van der Waals surface area contributed by atoms with Gasteiger partial charge in [0.05, 0.1) is 24.3 Å². The molecule has 1 heterocycles. The number of rotatable bonds is 8. The zero-order valence-corrected chi connectivity index (χ0v) is 15.3. The smallest absolute Gasteiger partial charge is 0.216 e. The monoisotopic (exact) mass is 365 g/mol. The Bertz CT molecular complexity index is 891. The molecule has 3 aromatic rings. The summed E-state index contributed by atoms with van der Waals surface area (Å²) in [6.07, 6.45) is 1.78. The topological polar surface area (TPSA) is 76.4 Å². The predicted octanol–water partition coefficient (Wildman–Crippen LogP) is 2.72. The standard InChI is InChI=1S/C21H23N3O3/c1-16(26)22-11-12-24-15-23-20(17-7-3-2-4-8-17)21(24)18-9-5-6-10-19(18)27-14-13-25/h2-10,15,25H,11-14H2,1H3,(H,22,26). The Morgan fingerprint density at radius 3 is 2.63 bits per heavy atom. The van der Waals surface area contributed by atoms with E-state index < -0.39 is 0 Å². The summed E-state index contributed by atoms with van der Waals surface area (Å²) in [5.74, 6) is 0.622. The first-order valence-electron chi connectivity index (χ1n) is 8.88. The molecule has 3 rings (SSSR count). The van der Waals surface area contributed by atoms with Crippen LogP contribution in [0.2, 0.25) is 0 Å². The Balaban J connectivity index is 2.05. The first-order chi connectivity index (χ1) is 13.2. The molecule has 0 aliphatic carbocycles. The van der Waals surface area contributed by atoms with Gasteiger partial charge in [0.2, 0.25) is 5.91 Å². The molecule has 2 aromatic carbocycles. The fourth-order valence-corrected chi connectivity index (χ4v) is 2.94. The normalized spacial score (nSPS) is 10.6. The number of nitrogens with zero attached hydrogens (tertiary/aromatic N) is 2. The zero-order chi connectivity index (χ0) is 19.1. The number of ether oxygens (including phenoxy) is 1. The van der Waals surface area contributed by atoms with E-state index in [1.54, 1.807) is 6.33 Å². The van der Waals surface area contributed by atoms with Gasteiger partial charge in [-0.3, -0.25) is 4.79 Å². The van der Waals surface area contributed by atoms with Crippen molar-refractivity contribution in [2.24, 2.45) is 0 Å². The van der Waals surface area contributed by atoms with E-state index in [4.69, 9.17) is 9.84 Å².